The van der Waals surface area contributed by atoms with Gasteiger partial charge in [0.25, 0.3) is 0 Å². The van der Waals surface area contributed by atoms with Gasteiger partial charge in [0.05, 0.1) is 14.2 Å². The van der Waals surface area contributed by atoms with E-state index < -0.39 is 0 Å². The second-order valence-corrected chi connectivity index (χ2v) is 6.00. The summed E-state index contributed by atoms with van der Waals surface area (Å²) in [6.45, 7) is 1.86. The summed E-state index contributed by atoms with van der Waals surface area (Å²) in [5.74, 6) is 1.80. The van der Waals surface area contributed by atoms with E-state index in [1.165, 1.54) is 11.1 Å². The van der Waals surface area contributed by atoms with Gasteiger partial charge in [0, 0.05) is 24.2 Å². The lowest BCUT2D eigenvalue weighted by Gasteiger charge is -2.08. The van der Waals surface area contributed by atoms with Crippen molar-refractivity contribution in [1.82, 2.24) is 4.90 Å². The molecular formula is C21H23NO2. The Morgan fingerprint density at radius 1 is 0.750 bits per heavy atom. The number of likely N-dealkylation sites (N-methyl/N-ethyl adjacent to an activating group) is 1. The minimum atomic E-state index is 0.899. The molecule has 124 valence electrons. The number of benzene rings is 2. The van der Waals surface area contributed by atoms with Crippen molar-refractivity contribution in [2.75, 3.05) is 34.4 Å². The summed E-state index contributed by atoms with van der Waals surface area (Å²) >= 11 is 0. The molecule has 1 aliphatic heterocycles. The van der Waals surface area contributed by atoms with Crippen LogP contribution in [0.4, 0.5) is 0 Å². The van der Waals surface area contributed by atoms with Gasteiger partial charge in [-0.25, -0.2) is 0 Å². The Hall–Kier alpha value is -2.52. The molecule has 1 heterocycles. The topological polar surface area (TPSA) is 21.7 Å². The molecule has 0 radical (unpaired) electrons. The fraction of sp³-hybridized carbons (Fsp3) is 0.238. The number of nitrogens with zero attached hydrogens (tertiary/aromatic N) is 1. The van der Waals surface area contributed by atoms with Crippen LogP contribution in [0.5, 0.6) is 11.5 Å². The van der Waals surface area contributed by atoms with Crippen LogP contribution in [-0.2, 0) is 0 Å². The fourth-order valence-corrected chi connectivity index (χ4v) is 3.06. The molecule has 1 fully saturated rings. The highest BCUT2D eigenvalue weighted by molar-refractivity contribution is 5.72. The number of ether oxygens (including phenoxy) is 2. The van der Waals surface area contributed by atoms with Crippen LogP contribution >= 0.6 is 0 Å². The number of likely N-dealkylation sites (tertiary alicyclic amines) is 1. The van der Waals surface area contributed by atoms with Crippen LogP contribution in [0.1, 0.15) is 11.1 Å². The Bertz CT molecular complexity index is 711. The molecular weight excluding hydrogens is 298 g/mol. The predicted octanol–water partition coefficient (Wildman–Crippen LogP) is 4.12. The zero-order valence-electron chi connectivity index (χ0n) is 14.5. The first-order valence-electron chi connectivity index (χ1n) is 8.07. The average molecular weight is 321 g/mol. The largest absolute Gasteiger partial charge is 0.496 e. The minimum Gasteiger partial charge on any atom is -0.496 e. The van der Waals surface area contributed by atoms with Crippen LogP contribution in [0.3, 0.4) is 0 Å². The van der Waals surface area contributed by atoms with Crippen LogP contribution in [-0.4, -0.2) is 39.3 Å². The molecule has 3 rings (SSSR count). The van der Waals surface area contributed by atoms with E-state index in [4.69, 9.17) is 9.47 Å². The number of methoxy groups -OCH3 is 2. The maximum absolute atomic E-state index is 5.47. The molecule has 0 bridgehead atoms. The van der Waals surface area contributed by atoms with E-state index >= 15 is 0 Å². The zero-order chi connectivity index (χ0) is 16.9. The summed E-state index contributed by atoms with van der Waals surface area (Å²) in [6.07, 6.45) is 4.45. The molecule has 0 aromatic heterocycles. The van der Waals surface area contributed by atoms with Gasteiger partial charge in [-0.1, -0.05) is 36.4 Å². The van der Waals surface area contributed by atoms with Crippen molar-refractivity contribution >= 4 is 12.2 Å². The molecule has 0 atom stereocenters. The van der Waals surface area contributed by atoms with Crippen LogP contribution < -0.4 is 9.47 Å². The maximum atomic E-state index is 5.47. The fourth-order valence-electron chi connectivity index (χ4n) is 3.06. The van der Waals surface area contributed by atoms with Gasteiger partial charge in [0.15, 0.2) is 0 Å². The molecule has 0 spiro atoms. The Kier molecular flexibility index (Phi) is 5.02. The van der Waals surface area contributed by atoms with E-state index in [0.29, 0.717) is 0 Å². The third-order valence-corrected chi connectivity index (χ3v) is 4.23. The normalized spacial score (nSPS) is 18.3. The Morgan fingerprint density at radius 3 is 1.58 bits per heavy atom. The highest BCUT2D eigenvalue weighted by atomic mass is 16.5. The molecule has 0 amide bonds. The number of para-hydroxylation sites is 2. The summed E-state index contributed by atoms with van der Waals surface area (Å²) in [5, 5.41) is 0. The van der Waals surface area contributed by atoms with Crippen LogP contribution in [0.2, 0.25) is 0 Å². The summed E-state index contributed by atoms with van der Waals surface area (Å²) in [7, 11) is 5.56. The standard InChI is InChI=1S/C21H23NO2/c1-22-14-18(12-16-8-4-6-10-20(16)23-2)19(15-22)13-17-9-5-7-11-21(17)24-3/h4-13H,14-15H2,1-3H3/b18-12-,19-13+. The van der Waals surface area contributed by atoms with E-state index in [0.717, 1.165) is 35.7 Å². The molecule has 3 heteroatoms. The molecule has 24 heavy (non-hydrogen) atoms. The molecule has 0 N–H and O–H groups in total. The second kappa shape index (κ2) is 7.37. The van der Waals surface area contributed by atoms with Crippen molar-refractivity contribution in [2.24, 2.45) is 0 Å². The van der Waals surface area contributed by atoms with Gasteiger partial charge in [0.1, 0.15) is 11.5 Å². The smallest absolute Gasteiger partial charge is 0.126 e. The average Bonchev–Trinajstić information content (AvgIpc) is 2.95. The van der Waals surface area contributed by atoms with E-state index in [9.17, 15) is 0 Å². The summed E-state index contributed by atoms with van der Waals surface area (Å²) in [6, 6.07) is 16.2. The highest BCUT2D eigenvalue weighted by Gasteiger charge is 2.19. The molecule has 2 aromatic rings. The third-order valence-electron chi connectivity index (χ3n) is 4.23. The van der Waals surface area contributed by atoms with Crippen LogP contribution in [0.25, 0.3) is 12.2 Å². The molecule has 2 aromatic carbocycles. The highest BCUT2D eigenvalue weighted by Crippen LogP contribution is 2.30. The first-order valence-corrected chi connectivity index (χ1v) is 8.07. The summed E-state index contributed by atoms with van der Waals surface area (Å²) in [5.41, 5.74) is 4.84. The third kappa shape index (κ3) is 3.52. The minimum absolute atomic E-state index is 0.899. The van der Waals surface area contributed by atoms with Gasteiger partial charge < -0.3 is 9.47 Å². The Morgan fingerprint density at radius 2 is 1.17 bits per heavy atom. The molecule has 1 saturated heterocycles. The molecule has 1 aliphatic rings. The van der Waals surface area contributed by atoms with E-state index in [2.05, 4.69) is 36.2 Å². The Balaban J connectivity index is 2.00. The van der Waals surface area contributed by atoms with Gasteiger partial charge in [-0.15, -0.1) is 0 Å². The lowest BCUT2D eigenvalue weighted by Crippen LogP contribution is -2.11. The summed E-state index contributed by atoms with van der Waals surface area (Å²) < 4.78 is 10.9. The van der Waals surface area contributed by atoms with E-state index in [-0.39, 0.29) is 0 Å². The summed E-state index contributed by atoms with van der Waals surface area (Å²) in [4.78, 5) is 2.31. The number of hydrogen-bond donors (Lipinski definition) is 0. The quantitative estimate of drug-likeness (QED) is 0.845. The van der Waals surface area contributed by atoms with Gasteiger partial charge in [-0.3, -0.25) is 4.90 Å². The van der Waals surface area contributed by atoms with Gasteiger partial charge in [-0.2, -0.15) is 0 Å². The van der Waals surface area contributed by atoms with Gasteiger partial charge in [-0.05, 0) is 42.5 Å². The van der Waals surface area contributed by atoms with Crippen molar-refractivity contribution in [3.05, 3.63) is 70.8 Å². The monoisotopic (exact) mass is 321 g/mol. The lowest BCUT2D eigenvalue weighted by atomic mass is 10.0. The predicted molar refractivity (Wildman–Crippen MR) is 99.4 cm³/mol. The number of hydrogen-bond acceptors (Lipinski definition) is 3. The van der Waals surface area contributed by atoms with Crippen molar-refractivity contribution in [2.45, 2.75) is 0 Å². The zero-order valence-corrected chi connectivity index (χ0v) is 14.5. The van der Waals surface area contributed by atoms with Crippen molar-refractivity contribution in [1.29, 1.82) is 0 Å². The first-order chi connectivity index (χ1) is 11.7. The van der Waals surface area contributed by atoms with Gasteiger partial charge in [0.2, 0.25) is 0 Å². The van der Waals surface area contributed by atoms with Crippen molar-refractivity contribution in [3.63, 3.8) is 0 Å². The molecule has 0 unspecified atom stereocenters. The first kappa shape index (κ1) is 16.3. The molecule has 0 aliphatic carbocycles. The van der Waals surface area contributed by atoms with E-state index in [1.54, 1.807) is 14.2 Å². The van der Waals surface area contributed by atoms with Crippen LogP contribution in [0, 0.1) is 0 Å². The molecule has 3 nitrogen and oxygen atoms in total. The Labute approximate surface area is 143 Å². The van der Waals surface area contributed by atoms with Gasteiger partial charge >= 0.3 is 0 Å². The van der Waals surface area contributed by atoms with Crippen molar-refractivity contribution < 1.29 is 9.47 Å². The lowest BCUT2D eigenvalue weighted by molar-refractivity contribution is 0.413. The SMILES string of the molecule is COc1ccccc1/C=C1\CN(C)C\C1=C\c1ccccc1OC. The second-order valence-electron chi connectivity index (χ2n) is 6.00. The van der Waals surface area contributed by atoms with Crippen LogP contribution in [0.15, 0.2) is 59.7 Å². The molecule has 0 saturated carbocycles. The number of rotatable bonds is 4. The maximum Gasteiger partial charge on any atom is 0.126 e. The van der Waals surface area contributed by atoms with E-state index in [1.807, 2.05) is 36.4 Å². The van der Waals surface area contributed by atoms with Crippen molar-refractivity contribution in [3.8, 4) is 11.5 Å².